The Bertz CT molecular complexity index is 1080. The molecule has 0 aliphatic rings. The molecule has 0 aliphatic heterocycles. The number of carbonyl (C=O) groups excluding carboxylic acids is 4. The Labute approximate surface area is 220 Å². The van der Waals surface area contributed by atoms with Crippen molar-refractivity contribution in [3.8, 4) is 11.1 Å². The van der Waals surface area contributed by atoms with Crippen LogP contribution in [0.5, 0.6) is 0 Å². The molecule has 0 fully saturated rings. The summed E-state index contributed by atoms with van der Waals surface area (Å²) in [5.41, 5.74) is -4.33. The second kappa shape index (κ2) is 12.6. The van der Waals surface area contributed by atoms with Gasteiger partial charge in [0.1, 0.15) is 11.6 Å². The van der Waals surface area contributed by atoms with E-state index in [1.54, 1.807) is 27.7 Å². The third kappa shape index (κ3) is 5.69. The zero-order valence-corrected chi connectivity index (χ0v) is 22.3. The highest BCUT2D eigenvalue weighted by Gasteiger charge is 2.47. The second-order valence-electron chi connectivity index (χ2n) is 8.52. The first-order valence-electron chi connectivity index (χ1n) is 12.2. The molecule has 0 amide bonds. The molecule has 2 aromatic rings. The van der Waals surface area contributed by atoms with E-state index >= 15 is 8.78 Å². The molecule has 2 aromatic carbocycles. The Morgan fingerprint density at radius 3 is 1.05 bits per heavy atom. The number of ether oxygens (including phenoxy) is 4. The quantitative estimate of drug-likeness (QED) is 0.237. The Morgan fingerprint density at radius 1 is 0.579 bits per heavy atom. The number of carbonyl (C=O) groups is 4. The molecule has 0 N–H and O–H groups in total. The van der Waals surface area contributed by atoms with Crippen LogP contribution in [0.25, 0.3) is 11.1 Å². The SMILES string of the molecule is CCOC(=O)C(C)(C(=O)OCC)c1ccc(-c2ccc(C(C)(C(=O)OCC)C(=O)OCC)cc2F)c(F)c1. The molecule has 8 nitrogen and oxygen atoms in total. The lowest BCUT2D eigenvalue weighted by molar-refractivity contribution is -0.165. The first-order valence-corrected chi connectivity index (χ1v) is 12.2. The standard InChI is InChI=1S/C28H32F2O8/c1-7-35-23(31)27(5,24(32)36-8-2)17-11-13-19(21(29)15-17)20-14-12-18(16-22(20)30)28(6,25(33)37-9-3)26(34)38-10-4/h11-16H,7-10H2,1-6H3. The third-order valence-corrected chi connectivity index (χ3v) is 6.12. The average molecular weight is 535 g/mol. The molecule has 0 unspecified atom stereocenters. The molecule has 0 saturated heterocycles. The van der Waals surface area contributed by atoms with E-state index in [1.165, 1.54) is 38.1 Å². The minimum atomic E-state index is -1.95. The van der Waals surface area contributed by atoms with E-state index in [1.807, 2.05) is 0 Å². The summed E-state index contributed by atoms with van der Waals surface area (Å²) in [4.78, 5) is 50.6. The Hall–Kier alpha value is -3.82. The molecule has 0 saturated carbocycles. The molecule has 0 aromatic heterocycles. The van der Waals surface area contributed by atoms with Crippen molar-refractivity contribution in [2.75, 3.05) is 26.4 Å². The Morgan fingerprint density at radius 2 is 0.842 bits per heavy atom. The summed E-state index contributed by atoms with van der Waals surface area (Å²) < 4.78 is 50.7. The van der Waals surface area contributed by atoms with Gasteiger partial charge in [0.15, 0.2) is 10.8 Å². The van der Waals surface area contributed by atoms with Crippen molar-refractivity contribution in [1.29, 1.82) is 0 Å². The van der Waals surface area contributed by atoms with Gasteiger partial charge in [-0.3, -0.25) is 19.2 Å². The summed E-state index contributed by atoms with van der Waals surface area (Å²) >= 11 is 0. The number of halogens is 2. The maximum Gasteiger partial charge on any atom is 0.327 e. The summed E-state index contributed by atoms with van der Waals surface area (Å²) in [5, 5.41) is 0. The van der Waals surface area contributed by atoms with Crippen LogP contribution in [0.4, 0.5) is 8.78 Å². The summed E-state index contributed by atoms with van der Waals surface area (Å²) in [6.07, 6.45) is 0. The van der Waals surface area contributed by atoms with Crippen molar-refractivity contribution >= 4 is 23.9 Å². The van der Waals surface area contributed by atoms with Crippen LogP contribution in [-0.2, 0) is 49.0 Å². The molecule has 38 heavy (non-hydrogen) atoms. The van der Waals surface area contributed by atoms with Crippen molar-refractivity contribution in [2.45, 2.75) is 52.4 Å². The minimum absolute atomic E-state index is 0.0114. The molecule has 206 valence electrons. The molecule has 0 heterocycles. The summed E-state index contributed by atoms with van der Waals surface area (Å²) in [6.45, 7) is 8.73. The van der Waals surface area contributed by atoms with Crippen LogP contribution in [0.3, 0.4) is 0 Å². The summed E-state index contributed by atoms with van der Waals surface area (Å²) in [7, 11) is 0. The Kier molecular flexibility index (Phi) is 10.1. The van der Waals surface area contributed by atoms with Gasteiger partial charge >= 0.3 is 23.9 Å². The van der Waals surface area contributed by atoms with Gasteiger partial charge in [-0.1, -0.05) is 24.3 Å². The zero-order valence-electron chi connectivity index (χ0n) is 22.3. The van der Waals surface area contributed by atoms with E-state index in [4.69, 9.17) is 18.9 Å². The van der Waals surface area contributed by atoms with Crippen LogP contribution in [0, 0.1) is 11.6 Å². The number of hydrogen-bond acceptors (Lipinski definition) is 8. The maximum atomic E-state index is 15.3. The molecular formula is C28H32F2O8. The highest BCUT2D eigenvalue weighted by atomic mass is 19.1. The van der Waals surface area contributed by atoms with Gasteiger partial charge in [0.2, 0.25) is 0 Å². The van der Waals surface area contributed by atoms with Crippen LogP contribution >= 0.6 is 0 Å². The van der Waals surface area contributed by atoms with Gasteiger partial charge in [-0.15, -0.1) is 0 Å². The fourth-order valence-corrected chi connectivity index (χ4v) is 3.83. The molecule has 10 heteroatoms. The van der Waals surface area contributed by atoms with Crippen molar-refractivity contribution < 1.29 is 46.9 Å². The van der Waals surface area contributed by atoms with Crippen LogP contribution in [0.15, 0.2) is 36.4 Å². The lowest BCUT2D eigenvalue weighted by Gasteiger charge is -2.26. The van der Waals surface area contributed by atoms with Crippen molar-refractivity contribution in [2.24, 2.45) is 0 Å². The number of benzene rings is 2. The molecule has 0 atom stereocenters. The maximum absolute atomic E-state index is 15.3. The zero-order chi connectivity index (χ0) is 28.7. The van der Waals surface area contributed by atoms with Crippen LogP contribution in [0.2, 0.25) is 0 Å². The Balaban J connectivity index is 2.58. The van der Waals surface area contributed by atoms with Gasteiger partial charge in [-0.25, -0.2) is 8.78 Å². The van der Waals surface area contributed by atoms with Crippen molar-refractivity contribution in [1.82, 2.24) is 0 Å². The van der Waals surface area contributed by atoms with E-state index in [2.05, 4.69) is 0 Å². The normalized spacial score (nSPS) is 11.5. The lowest BCUT2D eigenvalue weighted by Crippen LogP contribution is -2.43. The van der Waals surface area contributed by atoms with E-state index in [0.717, 1.165) is 12.1 Å². The molecular weight excluding hydrogens is 502 g/mol. The third-order valence-electron chi connectivity index (χ3n) is 6.12. The smallest absolute Gasteiger partial charge is 0.327 e. The number of rotatable bonds is 11. The van der Waals surface area contributed by atoms with Crippen molar-refractivity contribution in [3.05, 3.63) is 59.2 Å². The average Bonchev–Trinajstić information content (AvgIpc) is 2.88. The van der Waals surface area contributed by atoms with Crippen LogP contribution in [0.1, 0.15) is 52.7 Å². The summed E-state index contributed by atoms with van der Waals surface area (Å²) in [5.74, 6) is -5.52. The number of hydrogen-bond donors (Lipinski definition) is 0. The molecule has 2 rings (SSSR count). The predicted molar refractivity (Wildman–Crippen MR) is 133 cm³/mol. The van der Waals surface area contributed by atoms with E-state index in [0.29, 0.717) is 0 Å². The van der Waals surface area contributed by atoms with Gasteiger partial charge in [-0.2, -0.15) is 0 Å². The minimum Gasteiger partial charge on any atom is -0.465 e. The first kappa shape index (κ1) is 30.4. The van der Waals surface area contributed by atoms with Gasteiger partial charge in [0.25, 0.3) is 0 Å². The van der Waals surface area contributed by atoms with Gasteiger partial charge in [0.05, 0.1) is 26.4 Å². The first-order chi connectivity index (χ1) is 17.9. The largest absolute Gasteiger partial charge is 0.465 e. The number of esters is 4. The predicted octanol–water partition coefficient (Wildman–Crippen LogP) is 4.40. The lowest BCUT2D eigenvalue weighted by atomic mass is 9.80. The van der Waals surface area contributed by atoms with E-state index in [-0.39, 0.29) is 48.7 Å². The van der Waals surface area contributed by atoms with E-state index in [9.17, 15) is 19.2 Å². The van der Waals surface area contributed by atoms with Crippen molar-refractivity contribution in [3.63, 3.8) is 0 Å². The van der Waals surface area contributed by atoms with Gasteiger partial charge in [-0.05, 0) is 64.8 Å². The van der Waals surface area contributed by atoms with Crippen LogP contribution < -0.4 is 0 Å². The molecule has 0 radical (unpaired) electrons. The topological polar surface area (TPSA) is 105 Å². The van der Waals surface area contributed by atoms with E-state index < -0.39 is 46.3 Å². The molecule has 0 spiro atoms. The van der Waals surface area contributed by atoms with Gasteiger partial charge < -0.3 is 18.9 Å². The summed E-state index contributed by atoms with van der Waals surface area (Å²) in [6, 6.07) is 6.93. The fraction of sp³-hybridized carbons (Fsp3) is 0.429. The second-order valence-corrected chi connectivity index (χ2v) is 8.52. The van der Waals surface area contributed by atoms with Crippen LogP contribution in [-0.4, -0.2) is 50.3 Å². The molecule has 0 bridgehead atoms. The molecule has 0 aliphatic carbocycles. The monoisotopic (exact) mass is 534 g/mol. The van der Waals surface area contributed by atoms with Gasteiger partial charge in [0, 0.05) is 11.1 Å². The highest BCUT2D eigenvalue weighted by Crippen LogP contribution is 2.35. The highest BCUT2D eigenvalue weighted by molar-refractivity contribution is 6.06. The fourth-order valence-electron chi connectivity index (χ4n) is 3.83.